The van der Waals surface area contributed by atoms with Gasteiger partial charge in [0.15, 0.2) is 0 Å². The first kappa shape index (κ1) is 26.6. The summed E-state index contributed by atoms with van der Waals surface area (Å²) in [4.78, 5) is 38.0. The van der Waals surface area contributed by atoms with Crippen molar-refractivity contribution in [1.82, 2.24) is 0 Å². The maximum atomic E-state index is 12.8. The summed E-state index contributed by atoms with van der Waals surface area (Å²) < 4.78 is 5.62. The van der Waals surface area contributed by atoms with Crippen LogP contribution in [-0.4, -0.2) is 23.6 Å². The Morgan fingerprint density at radius 3 is 1.86 bits per heavy atom. The van der Waals surface area contributed by atoms with E-state index in [-0.39, 0.29) is 29.5 Å². The normalized spacial score (nSPS) is 17.4. The molecule has 4 heteroatoms. The van der Waals surface area contributed by atoms with Crippen LogP contribution < -0.4 is 0 Å². The van der Waals surface area contributed by atoms with Crippen molar-refractivity contribution < 1.29 is 19.1 Å². The van der Waals surface area contributed by atoms with Crippen molar-refractivity contribution in [2.75, 3.05) is 0 Å². The summed E-state index contributed by atoms with van der Waals surface area (Å²) in [6.07, 6.45) is 1.24. The zero-order valence-electron chi connectivity index (χ0n) is 19.9. The number of ketones is 2. The van der Waals surface area contributed by atoms with Gasteiger partial charge in [0.05, 0.1) is 5.92 Å². The first-order valence-electron chi connectivity index (χ1n) is 10.6. The van der Waals surface area contributed by atoms with Crippen molar-refractivity contribution in [1.29, 1.82) is 0 Å². The largest absolute Gasteiger partial charge is 0.458 e. The summed E-state index contributed by atoms with van der Waals surface area (Å²) >= 11 is 0. The SMILES string of the molecule is CC[C@H](C)C(C)(C)C(=O)C(=O)/C(C)=C(\C)C(C)OC(=O)C(C)[C@@H](C)CC(C)C. The van der Waals surface area contributed by atoms with E-state index in [1.54, 1.807) is 20.8 Å². The average Bonchev–Trinajstić information content (AvgIpc) is 2.62. The molecule has 0 aliphatic rings. The van der Waals surface area contributed by atoms with Gasteiger partial charge < -0.3 is 4.74 Å². The number of carbonyl (C=O) groups excluding carboxylic acids is 3. The Balaban J connectivity index is 5.28. The molecule has 0 bridgehead atoms. The monoisotopic (exact) mass is 394 g/mol. The predicted octanol–water partition coefficient (Wildman–Crippen LogP) is 5.78. The zero-order valence-corrected chi connectivity index (χ0v) is 19.9. The van der Waals surface area contributed by atoms with Crippen LogP contribution in [-0.2, 0) is 19.1 Å². The fraction of sp³-hybridized carbons (Fsp3) is 0.792. The first-order chi connectivity index (χ1) is 12.7. The fourth-order valence-corrected chi connectivity index (χ4v) is 3.23. The Hall–Kier alpha value is -1.45. The summed E-state index contributed by atoms with van der Waals surface area (Å²) in [6, 6.07) is 0. The molecular weight excluding hydrogens is 352 g/mol. The molecule has 0 aromatic rings. The minimum Gasteiger partial charge on any atom is -0.458 e. The van der Waals surface area contributed by atoms with Crippen LogP contribution in [0.15, 0.2) is 11.1 Å². The van der Waals surface area contributed by atoms with Crippen LogP contribution in [0.5, 0.6) is 0 Å². The summed E-state index contributed by atoms with van der Waals surface area (Å²) in [5, 5.41) is 0. The molecule has 4 atom stereocenters. The summed E-state index contributed by atoms with van der Waals surface area (Å²) in [7, 11) is 0. The van der Waals surface area contributed by atoms with Gasteiger partial charge in [-0.25, -0.2) is 0 Å². The molecule has 4 nitrogen and oxygen atoms in total. The van der Waals surface area contributed by atoms with E-state index in [1.807, 2.05) is 34.6 Å². The van der Waals surface area contributed by atoms with Crippen LogP contribution in [0.1, 0.15) is 89.0 Å². The lowest BCUT2D eigenvalue weighted by molar-refractivity contribution is -0.153. The molecule has 0 spiro atoms. The van der Waals surface area contributed by atoms with Gasteiger partial charge in [-0.2, -0.15) is 0 Å². The van der Waals surface area contributed by atoms with E-state index in [4.69, 9.17) is 4.74 Å². The van der Waals surface area contributed by atoms with Gasteiger partial charge in [-0.05, 0) is 50.5 Å². The summed E-state index contributed by atoms with van der Waals surface area (Å²) in [5.74, 6) is -0.474. The molecule has 0 heterocycles. The highest BCUT2D eigenvalue weighted by Gasteiger charge is 2.38. The smallest absolute Gasteiger partial charge is 0.309 e. The van der Waals surface area contributed by atoms with Crippen LogP contribution in [0.2, 0.25) is 0 Å². The second-order valence-corrected chi connectivity index (χ2v) is 9.47. The molecule has 0 aliphatic heterocycles. The maximum absolute atomic E-state index is 12.8. The standard InChI is InChI=1S/C24H42O4/c1-12-16(5)24(10,11)22(26)21(25)19(8)18(7)20(9)28-23(27)17(6)15(4)13-14(2)3/h14-17,20H,12-13H2,1-11H3/b19-18+/t15-,16-,17?,20?/m0/s1. The molecule has 0 aliphatic carbocycles. The topological polar surface area (TPSA) is 60.4 Å². The molecule has 0 aromatic carbocycles. The Labute approximate surface area is 172 Å². The predicted molar refractivity (Wildman–Crippen MR) is 115 cm³/mol. The molecule has 0 fully saturated rings. The number of hydrogen-bond donors (Lipinski definition) is 0. The van der Waals surface area contributed by atoms with E-state index in [2.05, 4.69) is 20.8 Å². The number of allylic oxidation sites excluding steroid dienone is 1. The summed E-state index contributed by atoms with van der Waals surface area (Å²) in [6.45, 7) is 21.0. The lowest BCUT2D eigenvalue weighted by Crippen LogP contribution is -2.37. The van der Waals surface area contributed by atoms with Crippen molar-refractivity contribution in [2.24, 2.45) is 29.1 Å². The fourth-order valence-electron chi connectivity index (χ4n) is 3.23. The number of ether oxygens (including phenoxy) is 1. The quantitative estimate of drug-likeness (QED) is 0.253. The lowest BCUT2D eigenvalue weighted by atomic mass is 9.73. The van der Waals surface area contributed by atoms with Crippen LogP contribution in [0.4, 0.5) is 0 Å². The number of rotatable bonds is 11. The molecular formula is C24H42O4. The van der Waals surface area contributed by atoms with E-state index in [0.29, 0.717) is 17.1 Å². The number of esters is 1. The van der Waals surface area contributed by atoms with Gasteiger partial charge in [-0.3, -0.25) is 14.4 Å². The first-order valence-corrected chi connectivity index (χ1v) is 10.6. The summed E-state index contributed by atoms with van der Waals surface area (Å²) in [5.41, 5.74) is 0.300. The van der Waals surface area contributed by atoms with Gasteiger partial charge >= 0.3 is 5.97 Å². The number of Topliss-reactive ketones (excluding diaryl/α,β-unsaturated/α-hetero) is 2. The van der Waals surface area contributed by atoms with Crippen LogP contribution in [0.3, 0.4) is 0 Å². The molecule has 0 aromatic heterocycles. The number of carbonyl (C=O) groups is 3. The Kier molecular flexibility index (Phi) is 10.4. The molecule has 0 rings (SSSR count). The van der Waals surface area contributed by atoms with Gasteiger partial charge in [-0.1, -0.05) is 61.8 Å². The molecule has 0 radical (unpaired) electrons. The van der Waals surface area contributed by atoms with Crippen molar-refractivity contribution in [2.45, 2.75) is 95.1 Å². The van der Waals surface area contributed by atoms with Gasteiger partial charge in [0.25, 0.3) is 0 Å². The molecule has 0 N–H and O–H groups in total. The third kappa shape index (κ3) is 6.86. The highest BCUT2D eigenvalue weighted by molar-refractivity contribution is 6.45. The third-order valence-corrected chi connectivity index (χ3v) is 6.54. The Morgan fingerprint density at radius 1 is 0.929 bits per heavy atom. The minimum absolute atomic E-state index is 0.107. The van der Waals surface area contributed by atoms with Crippen molar-refractivity contribution >= 4 is 17.5 Å². The second-order valence-electron chi connectivity index (χ2n) is 9.47. The second kappa shape index (κ2) is 10.9. The van der Waals surface area contributed by atoms with E-state index in [0.717, 1.165) is 12.8 Å². The van der Waals surface area contributed by atoms with Gasteiger partial charge in [0.1, 0.15) is 6.10 Å². The molecule has 0 saturated carbocycles. The highest BCUT2D eigenvalue weighted by atomic mass is 16.5. The number of hydrogen-bond acceptors (Lipinski definition) is 4. The maximum Gasteiger partial charge on any atom is 0.309 e. The minimum atomic E-state index is -0.714. The average molecular weight is 395 g/mol. The third-order valence-electron chi connectivity index (χ3n) is 6.54. The molecule has 0 amide bonds. The van der Waals surface area contributed by atoms with Crippen molar-refractivity contribution in [3.63, 3.8) is 0 Å². The van der Waals surface area contributed by atoms with E-state index in [9.17, 15) is 14.4 Å². The highest BCUT2D eigenvalue weighted by Crippen LogP contribution is 2.32. The Bertz CT molecular complexity index is 598. The zero-order chi connectivity index (χ0) is 22.4. The van der Waals surface area contributed by atoms with Gasteiger partial charge in [0.2, 0.25) is 11.6 Å². The van der Waals surface area contributed by atoms with Gasteiger partial charge in [0, 0.05) is 11.0 Å². The van der Waals surface area contributed by atoms with E-state index in [1.165, 1.54) is 0 Å². The molecule has 0 saturated heterocycles. The Morgan fingerprint density at radius 2 is 1.43 bits per heavy atom. The van der Waals surface area contributed by atoms with Crippen LogP contribution in [0, 0.1) is 29.1 Å². The molecule has 2 unspecified atom stereocenters. The molecule has 162 valence electrons. The van der Waals surface area contributed by atoms with Crippen molar-refractivity contribution in [3.8, 4) is 0 Å². The van der Waals surface area contributed by atoms with Crippen LogP contribution >= 0.6 is 0 Å². The molecule has 28 heavy (non-hydrogen) atoms. The van der Waals surface area contributed by atoms with Crippen molar-refractivity contribution in [3.05, 3.63) is 11.1 Å². The van der Waals surface area contributed by atoms with Crippen LogP contribution in [0.25, 0.3) is 0 Å². The van der Waals surface area contributed by atoms with E-state index >= 15 is 0 Å². The van der Waals surface area contributed by atoms with E-state index < -0.39 is 17.3 Å². The van der Waals surface area contributed by atoms with Gasteiger partial charge in [-0.15, -0.1) is 0 Å². The lowest BCUT2D eigenvalue weighted by Gasteiger charge is -2.29.